The third-order valence-corrected chi connectivity index (χ3v) is 3.26. The zero-order chi connectivity index (χ0) is 16.2. The van der Waals surface area contributed by atoms with Crippen molar-refractivity contribution in [2.75, 3.05) is 0 Å². The molecular weight excluding hydrogens is 322 g/mol. The Morgan fingerprint density at radius 1 is 1.39 bits per heavy atom. The summed E-state index contributed by atoms with van der Waals surface area (Å²) >= 11 is 5.90. The number of benzene rings is 1. The number of aryl methyl sites for hydroxylation is 1. The van der Waals surface area contributed by atoms with Gasteiger partial charge >= 0.3 is 0 Å². The van der Waals surface area contributed by atoms with Gasteiger partial charge in [-0.2, -0.15) is 4.98 Å². The molecule has 1 N–H and O–H groups in total. The Balaban J connectivity index is 1.83. The maximum atomic E-state index is 12.2. The normalized spacial score (nSPS) is 12.1. The summed E-state index contributed by atoms with van der Waals surface area (Å²) in [7, 11) is 0. The molecule has 0 bridgehead atoms. The Morgan fingerprint density at radius 2 is 2.17 bits per heavy atom. The summed E-state index contributed by atoms with van der Waals surface area (Å²) in [6.45, 7) is 1.66. The van der Waals surface area contributed by atoms with Gasteiger partial charge in [0.2, 0.25) is 11.8 Å². The zero-order valence-corrected chi connectivity index (χ0v) is 12.8. The smallest absolute Gasteiger partial charge is 0.242 e. The molecule has 118 valence electrons. The molecule has 0 aliphatic heterocycles. The second-order valence-electron chi connectivity index (χ2n) is 4.73. The highest BCUT2D eigenvalue weighted by Gasteiger charge is 2.22. The van der Waals surface area contributed by atoms with E-state index in [0.29, 0.717) is 16.7 Å². The highest BCUT2D eigenvalue weighted by molar-refractivity contribution is 6.30. The van der Waals surface area contributed by atoms with Crippen LogP contribution < -0.4 is 5.32 Å². The molecule has 1 aromatic carbocycles. The molecule has 1 atom stereocenters. The Hall–Kier alpha value is -2.81. The van der Waals surface area contributed by atoms with Gasteiger partial charge in [0, 0.05) is 11.9 Å². The van der Waals surface area contributed by atoms with E-state index in [4.69, 9.17) is 16.1 Å². The highest BCUT2D eigenvalue weighted by atomic mass is 35.5. The lowest BCUT2D eigenvalue weighted by atomic mass is 10.1. The van der Waals surface area contributed by atoms with Gasteiger partial charge in [-0.1, -0.05) is 28.9 Å². The van der Waals surface area contributed by atoms with E-state index in [0.717, 1.165) is 5.56 Å². The lowest BCUT2D eigenvalue weighted by Crippen LogP contribution is -2.33. The quantitative estimate of drug-likeness (QED) is 0.739. The summed E-state index contributed by atoms with van der Waals surface area (Å²) in [5.41, 5.74) is 0.778. The summed E-state index contributed by atoms with van der Waals surface area (Å²) in [5.74, 6) is 0.475. The summed E-state index contributed by atoms with van der Waals surface area (Å²) in [4.78, 5) is 16.4. The van der Waals surface area contributed by atoms with Crippen LogP contribution in [0, 0.1) is 6.92 Å². The minimum atomic E-state index is -0.561. The van der Waals surface area contributed by atoms with E-state index in [9.17, 15) is 4.79 Å². The van der Waals surface area contributed by atoms with E-state index in [-0.39, 0.29) is 12.5 Å². The van der Waals surface area contributed by atoms with Crippen molar-refractivity contribution in [2.24, 2.45) is 0 Å². The molecule has 9 nitrogen and oxygen atoms in total. The molecule has 0 spiro atoms. The number of hydrogen-bond acceptors (Lipinski definition) is 7. The molecule has 0 saturated heterocycles. The third kappa shape index (κ3) is 3.69. The van der Waals surface area contributed by atoms with E-state index < -0.39 is 6.04 Å². The first-order valence-corrected chi connectivity index (χ1v) is 7.05. The van der Waals surface area contributed by atoms with Crippen LogP contribution in [-0.4, -0.2) is 36.3 Å². The van der Waals surface area contributed by atoms with Crippen LogP contribution >= 0.6 is 11.6 Å². The first-order chi connectivity index (χ1) is 11.1. The molecule has 1 amide bonds. The minimum absolute atomic E-state index is 0.0199. The maximum Gasteiger partial charge on any atom is 0.242 e. The van der Waals surface area contributed by atoms with Crippen molar-refractivity contribution < 1.29 is 9.32 Å². The predicted octanol–water partition coefficient (Wildman–Crippen LogP) is 0.924. The molecule has 0 aliphatic carbocycles. The number of nitrogens with zero attached hydrogens (tertiary/aromatic N) is 6. The van der Waals surface area contributed by atoms with Crippen LogP contribution in [0.3, 0.4) is 0 Å². The fourth-order valence-electron chi connectivity index (χ4n) is 1.99. The molecule has 3 rings (SSSR count). The zero-order valence-electron chi connectivity index (χ0n) is 12.0. The van der Waals surface area contributed by atoms with Crippen LogP contribution in [0.2, 0.25) is 5.02 Å². The van der Waals surface area contributed by atoms with Crippen molar-refractivity contribution in [3.05, 3.63) is 52.9 Å². The molecular formula is C13H12ClN7O2. The van der Waals surface area contributed by atoms with E-state index in [1.54, 1.807) is 31.2 Å². The number of hydrogen-bond donors (Lipinski definition) is 1. The highest BCUT2D eigenvalue weighted by Crippen LogP contribution is 2.21. The topological polar surface area (TPSA) is 112 Å². The largest absolute Gasteiger partial charge is 0.340 e. The van der Waals surface area contributed by atoms with Crippen LogP contribution in [0.1, 0.15) is 23.3 Å². The average molecular weight is 334 g/mol. The van der Waals surface area contributed by atoms with Crippen molar-refractivity contribution >= 4 is 17.5 Å². The summed E-state index contributed by atoms with van der Waals surface area (Å²) in [6, 6.07) is 6.47. The van der Waals surface area contributed by atoms with E-state index in [1.165, 1.54) is 11.0 Å². The van der Waals surface area contributed by atoms with Crippen molar-refractivity contribution in [2.45, 2.75) is 19.5 Å². The third-order valence-electron chi connectivity index (χ3n) is 3.01. The van der Waals surface area contributed by atoms with E-state index >= 15 is 0 Å². The van der Waals surface area contributed by atoms with Gasteiger partial charge < -0.3 is 9.84 Å². The Labute approximate surface area is 135 Å². The van der Waals surface area contributed by atoms with Gasteiger partial charge in [0.1, 0.15) is 18.9 Å². The summed E-state index contributed by atoms with van der Waals surface area (Å²) in [6.07, 6.45) is 1.36. The molecule has 0 radical (unpaired) electrons. The number of aromatic nitrogens is 6. The van der Waals surface area contributed by atoms with Gasteiger partial charge in [-0.15, -0.1) is 5.10 Å². The fourth-order valence-corrected chi connectivity index (χ4v) is 2.12. The second kappa shape index (κ2) is 6.53. The maximum absolute atomic E-state index is 12.2. The molecule has 0 unspecified atom stereocenters. The molecule has 2 aromatic heterocycles. The predicted molar refractivity (Wildman–Crippen MR) is 78.3 cm³/mol. The SMILES string of the molecule is Cc1nc([C@@H](NC(=O)Cn2cnnn2)c2ccc(Cl)cc2)no1. The van der Waals surface area contributed by atoms with Crippen LogP contribution in [0.4, 0.5) is 0 Å². The number of amides is 1. The lowest BCUT2D eigenvalue weighted by molar-refractivity contribution is -0.122. The number of halogens is 1. The minimum Gasteiger partial charge on any atom is -0.340 e. The molecule has 2 heterocycles. The number of nitrogens with one attached hydrogen (secondary N) is 1. The van der Waals surface area contributed by atoms with Gasteiger partial charge in [-0.3, -0.25) is 4.79 Å². The fraction of sp³-hybridized carbons (Fsp3) is 0.231. The van der Waals surface area contributed by atoms with Gasteiger partial charge in [-0.25, -0.2) is 4.68 Å². The Bertz CT molecular complexity index is 785. The van der Waals surface area contributed by atoms with Crippen molar-refractivity contribution in [3.63, 3.8) is 0 Å². The molecule has 0 saturated carbocycles. The van der Waals surface area contributed by atoms with Crippen molar-refractivity contribution in [3.8, 4) is 0 Å². The molecule has 10 heteroatoms. The summed E-state index contributed by atoms with van der Waals surface area (Å²) in [5, 5.41) is 17.9. The van der Waals surface area contributed by atoms with Gasteiger partial charge in [0.15, 0.2) is 5.82 Å². The first-order valence-electron chi connectivity index (χ1n) is 6.67. The van der Waals surface area contributed by atoms with Crippen molar-refractivity contribution in [1.29, 1.82) is 0 Å². The van der Waals surface area contributed by atoms with Crippen LogP contribution in [0.5, 0.6) is 0 Å². The Kier molecular flexibility index (Phi) is 4.29. The Morgan fingerprint density at radius 3 is 2.78 bits per heavy atom. The number of rotatable bonds is 5. The number of tetrazole rings is 1. The van der Waals surface area contributed by atoms with Crippen LogP contribution in [0.15, 0.2) is 35.1 Å². The van der Waals surface area contributed by atoms with Gasteiger partial charge in [0.25, 0.3) is 0 Å². The lowest BCUT2D eigenvalue weighted by Gasteiger charge is -2.15. The van der Waals surface area contributed by atoms with Crippen LogP contribution in [-0.2, 0) is 11.3 Å². The standard InChI is InChI=1S/C13H12ClN7O2/c1-8-16-13(18-23-8)12(9-2-4-10(14)5-3-9)17-11(22)6-21-7-15-19-20-21/h2-5,7,12H,6H2,1H3,(H,17,22)/t12-/m0/s1. The molecule has 23 heavy (non-hydrogen) atoms. The van der Waals surface area contributed by atoms with Gasteiger partial charge in [-0.05, 0) is 28.1 Å². The first kappa shape index (κ1) is 15.1. The van der Waals surface area contributed by atoms with Crippen LogP contribution in [0.25, 0.3) is 0 Å². The molecule has 0 fully saturated rings. The summed E-state index contributed by atoms with van der Waals surface area (Å²) < 4.78 is 6.32. The second-order valence-corrected chi connectivity index (χ2v) is 5.17. The number of carbonyl (C=O) groups excluding carboxylic acids is 1. The number of carbonyl (C=O) groups is 1. The van der Waals surface area contributed by atoms with E-state index in [1.807, 2.05) is 0 Å². The van der Waals surface area contributed by atoms with Gasteiger partial charge in [0.05, 0.1) is 0 Å². The van der Waals surface area contributed by atoms with E-state index in [2.05, 4.69) is 31.0 Å². The average Bonchev–Trinajstić information content (AvgIpc) is 3.17. The molecule has 3 aromatic rings. The van der Waals surface area contributed by atoms with Crippen molar-refractivity contribution in [1.82, 2.24) is 35.7 Å². The monoisotopic (exact) mass is 333 g/mol. The molecule has 0 aliphatic rings.